The van der Waals surface area contributed by atoms with Gasteiger partial charge < -0.3 is 9.84 Å². The highest BCUT2D eigenvalue weighted by Crippen LogP contribution is 2.38. The Labute approximate surface area is 274 Å². The van der Waals surface area contributed by atoms with E-state index in [2.05, 4.69) is 21.8 Å². The number of morpholine rings is 1. The molecule has 1 N–H and O–H groups in total. The molecule has 0 radical (unpaired) electrons. The lowest BCUT2D eigenvalue weighted by Crippen LogP contribution is -2.36. The van der Waals surface area contributed by atoms with E-state index in [4.69, 9.17) is 16.3 Å². The molecule has 1 aliphatic rings. The van der Waals surface area contributed by atoms with Crippen LogP contribution in [-0.2, 0) is 24.0 Å². The number of alkyl halides is 3. The van der Waals surface area contributed by atoms with E-state index in [0.29, 0.717) is 58.2 Å². The van der Waals surface area contributed by atoms with E-state index in [0.717, 1.165) is 6.07 Å². The van der Waals surface area contributed by atoms with Crippen LogP contribution in [0, 0.1) is 30.1 Å². The number of halogens is 4. The highest BCUT2D eigenvalue weighted by molar-refractivity contribution is 7.18. The van der Waals surface area contributed by atoms with E-state index >= 15 is 0 Å². The average molecular weight is 678 g/mol. The third kappa shape index (κ3) is 6.19. The molecule has 2 aromatic carbocycles. The number of hydrogen-bond donors (Lipinski definition) is 1. The van der Waals surface area contributed by atoms with E-state index in [-0.39, 0.29) is 46.5 Å². The molecule has 4 heterocycles. The predicted octanol–water partition coefficient (Wildman–Crippen LogP) is 6.11. The van der Waals surface area contributed by atoms with Gasteiger partial charge in [-0.15, -0.1) is 11.3 Å². The van der Waals surface area contributed by atoms with Gasteiger partial charge in [0.05, 0.1) is 57.6 Å². The zero-order valence-electron chi connectivity index (χ0n) is 24.6. The van der Waals surface area contributed by atoms with Crippen molar-refractivity contribution in [2.45, 2.75) is 26.2 Å². The zero-order chi connectivity index (χ0) is 33.5. The molecule has 0 aliphatic carbocycles. The molecule has 0 atom stereocenters. The van der Waals surface area contributed by atoms with Crippen LogP contribution in [0.15, 0.2) is 46.7 Å². The molecule has 0 unspecified atom stereocenters. The van der Waals surface area contributed by atoms with E-state index in [9.17, 15) is 33.1 Å². The van der Waals surface area contributed by atoms with Crippen molar-refractivity contribution >= 4 is 50.0 Å². The van der Waals surface area contributed by atoms with Crippen molar-refractivity contribution in [1.29, 1.82) is 5.26 Å². The topological polar surface area (TPSA) is 121 Å². The Morgan fingerprint density at radius 2 is 1.96 bits per heavy atom. The number of rotatable bonds is 5. The minimum Gasteiger partial charge on any atom is -0.478 e. The van der Waals surface area contributed by atoms with Crippen LogP contribution in [0.4, 0.5) is 13.2 Å². The molecule has 3 aromatic heterocycles. The molecule has 0 saturated carbocycles. The summed E-state index contributed by atoms with van der Waals surface area (Å²) in [5.41, 5.74) is -0.297. The van der Waals surface area contributed by atoms with Gasteiger partial charge in [-0.05, 0) is 42.8 Å². The number of benzene rings is 2. The summed E-state index contributed by atoms with van der Waals surface area (Å²) in [5.74, 6) is 5.03. The maximum absolute atomic E-state index is 14.2. The molecule has 6 rings (SSSR count). The minimum atomic E-state index is -4.77. The standard InChI is InChI=1S/C33H23ClF3N5O4S/c1-18-40-27-14-26(33(35,36)37)24(16-41-9-11-46-12-10-41)23(15-38)28(27)31(43)42(18)8-2-3-19-4-5-20(34)13-22(19)21-6-7-39-29-25(32(44)45)17-47-30(21)29/h4-7,13-14,17H,8-12,16H2,1H3,(H,44,45). The Balaban J connectivity index is 1.44. The number of aromatic carboxylic acids is 1. The summed E-state index contributed by atoms with van der Waals surface area (Å²) in [6.07, 6.45) is -3.27. The lowest BCUT2D eigenvalue weighted by atomic mass is 9.96. The van der Waals surface area contributed by atoms with Gasteiger partial charge in [-0.25, -0.2) is 9.78 Å². The normalized spacial score (nSPS) is 13.8. The van der Waals surface area contributed by atoms with Crippen LogP contribution in [0.3, 0.4) is 0 Å². The summed E-state index contributed by atoms with van der Waals surface area (Å²) < 4.78 is 49.9. The molecule has 1 saturated heterocycles. The van der Waals surface area contributed by atoms with Gasteiger partial charge in [0.25, 0.3) is 5.56 Å². The van der Waals surface area contributed by atoms with Gasteiger partial charge in [0.2, 0.25) is 0 Å². The number of carboxylic acids is 1. The maximum Gasteiger partial charge on any atom is 0.416 e. The van der Waals surface area contributed by atoms with E-state index in [1.807, 2.05) is 6.07 Å². The van der Waals surface area contributed by atoms with Crippen molar-refractivity contribution in [2.24, 2.45) is 0 Å². The second-order valence-electron chi connectivity index (χ2n) is 10.7. The van der Waals surface area contributed by atoms with Gasteiger partial charge in [-0.2, -0.15) is 18.4 Å². The van der Waals surface area contributed by atoms with Crippen molar-refractivity contribution in [3.05, 3.63) is 90.9 Å². The van der Waals surface area contributed by atoms with Crippen molar-refractivity contribution < 1.29 is 27.8 Å². The van der Waals surface area contributed by atoms with Gasteiger partial charge in [0.15, 0.2) is 0 Å². The molecule has 14 heteroatoms. The predicted molar refractivity (Wildman–Crippen MR) is 170 cm³/mol. The second-order valence-corrected chi connectivity index (χ2v) is 12.0. The Morgan fingerprint density at radius 3 is 2.66 bits per heavy atom. The SMILES string of the molecule is Cc1nc2cc(C(F)(F)F)c(CN3CCOCC3)c(C#N)c2c(=O)n1CC#Cc1ccc(Cl)cc1-c1ccnc2c(C(=O)O)csc12. The highest BCUT2D eigenvalue weighted by atomic mass is 35.5. The number of carbonyl (C=O) groups is 1. The molecule has 0 amide bonds. The van der Waals surface area contributed by atoms with Crippen molar-refractivity contribution in [3.63, 3.8) is 0 Å². The van der Waals surface area contributed by atoms with Crippen molar-refractivity contribution in [1.82, 2.24) is 19.4 Å². The molecule has 5 aromatic rings. The van der Waals surface area contributed by atoms with Crippen LogP contribution < -0.4 is 5.56 Å². The molecule has 238 valence electrons. The largest absolute Gasteiger partial charge is 0.478 e. The summed E-state index contributed by atoms with van der Waals surface area (Å²) in [6.45, 7) is 2.61. The van der Waals surface area contributed by atoms with Crippen LogP contribution in [0.1, 0.15) is 38.4 Å². The molecule has 0 bridgehead atoms. The van der Waals surface area contributed by atoms with Gasteiger partial charge in [0.1, 0.15) is 11.9 Å². The number of fused-ring (bicyclic) bond motifs is 2. The molecular weight excluding hydrogens is 655 g/mol. The fourth-order valence-corrected chi connectivity index (χ4v) is 6.80. The number of nitriles is 1. The smallest absolute Gasteiger partial charge is 0.416 e. The number of aryl methyl sites for hydroxylation is 1. The van der Waals surface area contributed by atoms with Crippen LogP contribution in [0.2, 0.25) is 5.02 Å². The molecule has 1 aliphatic heterocycles. The van der Waals surface area contributed by atoms with Crippen LogP contribution in [0.25, 0.3) is 32.2 Å². The number of thiophene rings is 1. The van der Waals surface area contributed by atoms with E-state index < -0.39 is 23.3 Å². The first-order valence-corrected chi connectivity index (χ1v) is 15.5. The maximum atomic E-state index is 14.2. The molecular formula is C33H23ClF3N5O4S. The first-order chi connectivity index (χ1) is 22.5. The van der Waals surface area contributed by atoms with Gasteiger partial charge >= 0.3 is 12.1 Å². The summed E-state index contributed by atoms with van der Waals surface area (Å²) in [7, 11) is 0. The number of hydrogen-bond acceptors (Lipinski definition) is 8. The Bertz CT molecular complexity index is 2240. The third-order valence-corrected chi connectivity index (χ3v) is 9.10. The molecule has 47 heavy (non-hydrogen) atoms. The Morgan fingerprint density at radius 1 is 1.19 bits per heavy atom. The fraction of sp³-hybridized carbons (Fsp3) is 0.242. The lowest BCUT2D eigenvalue weighted by molar-refractivity contribution is -0.138. The van der Waals surface area contributed by atoms with Gasteiger partial charge in [0, 0.05) is 52.9 Å². The number of ether oxygens (including phenoxy) is 1. The highest BCUT2D eigenvalue weighted by Gasteiger charge is 2.37. The third-order valence-electron chi connectivity index (χ3n) is 7.87. The number of aromatic nitrogens is 3. The number of pyridine rings is 1. The molecule has 1 fully saturated rings. The first kappa shape index (κ1) is 32.2. The quantitative estimate of drug-likeness (QED) is 0.221. The van der Waals surface area contributed by atoms with Crippen molar-refractivity contribution in [3.8, 4) is 29.0 Å². The van der Waals surface area contributed by atoms with Gasteiger partial charge in [-0.1, -0.05) is 23.4 Å². The number of nitrogens with zero attached hydrogens (tertiary/aromatic N) is 5. The summed E-state index contributed by atoms with van der Waals surface area (Å²) in [4.78, 5) is 35.8. The summed E-state index contributed by atoms with van der Waals surface area (Å²) >= 11 is 7.56. The van der Waals surface area contributed by atoms with Crippen molar-refractivity contribution in [2.75, 3.05) is 26.3 Å². The number of carboxylic acid groups (broad SMARTS) is 1. The first-order valence-electron chi connectivity index (χ1n) is 14.2. The Hall–Kier alpha value is -4.79. The molecule has 0 spiro atoms. The van der Waals surface area contributed by atoms with E-state index in [1.54, 1.807) is 29.2 Å². The fourth-order valence-electron chi connectivity index (χ4n) is 5.60. The van der Waals surface area contributed by atoms with Crippen LogP contribution in [-0.4, -0.2) is 56.8 Å². The minimum absolute atomic E-state index is 0.0763. The van der Waals surface area contributed by atoms with Crippen LogP contribution >= 0.6 is 22.9 Å². The van der Waals surface area contributed by atoms with E-state index in [1.165, 1.54) is 34.4 Å². The summed E-state index contributed by atoms with van der Waals surface area (Å²) in [5, 5.41) is 21.4. The Kier molecular flexibility index (Phi) is 8.74. The lowest BCUT2D eigenvalue weighted by Gasteiger charge is -2.28. The second kappa shape index (κ2) is 12.8. The average Bonchev–Trinajstić information content (AvgIpc) is 3.48. The monoisotopic (exact) mass is 677 g/mol. The summed E-state index contributed by atoms with van der Waals surface area (Å²) in [6, 6.07) is 9.47. The zero-order valence-corrected chi connectivity index (χ0v) is 26.2. The molecule has 9 nitrogen and oxygen atoms in total. The van der Waals surface area contributed by atoms with Crippen LogP contribution in [0.5, 0.6) is 0 Å². The van der Waals surface area contributed by atoms with Gasteiger partial charge in [-0.3, -0.25) is 19.2 Å².